The average molecular weight is 365 g/mol. The van der Waals surface area contributed by atoms with Crippen LogP contribution >= 0.6 is 15.9 Å². The van der Waals surface area contributed by atoms with Crippen LogP contribution in [0.1, 0.15) is 13.3 Å². The van der Waals surface area contributed by atoms with E-state index in [0.29, 0.717) is 16.6 Å². The van der Waals surface area contributed by atoms with Crippen LogP contribution in [0.25, 0.3) is 0 Å². The standard InChI is InChI=1S/C12H17BrN2O4S/c1-3-6-15(8-12(16)19-2)20(17,18)11-7-9(14)4-5-10(11)13/h4-5,7H,3,6,8,14H2,1-2H3. The van der Waals surface area contributed by atoms with E-state index in [-0.39, 0.29) is 18.0 Å². The number of hydrogen-bond acceptors (Lipinski definition) is 5. The van der Waals surface area contributed by atoms with Gasteiger partial charge < -0.3 is 10.5 Å². The summed E-state index contributed by atoms with van der Waals surface area (Å²) in [7, 11) is -2.60. The van der Waals surface area contributed by atoms with Crippen LogP contribution in [0.5, 0.6) is 0 Å². The van der Waals surface area contributed by atoms with Crippen molar-refractivity contribution in [3.05, 3.63) is 22.7 Å². The molecule has 0 unspecified atom stereocenters. The van der Waals surface area contributed by atoms with Crippen LogP contribution < -0.4 is 5.73 Å². The lowest BCUT2D eigenvalue weighted by molar-refractivity contribution is -0.140. The third-order valence-electron chi connectivity index (χ3n) is 2.58. The minimum atomic E-state index is -3.82. The van der Waals surface area contributed by atoms with Crippen LogP contribution in [0, 0.1) is 0 Å². The van der Waals surface area contributed by atoms with Crippen molar-refractivity contribution in [2.24, 2.45) is 0 Å². The highest BCUT2D eigenvalue weighted by molar-refractivity contribution is 9.10. The first-order valence-electron chi connectivity index (χ1n) is 5.95. The number of anilines is 1. The molecule has 0 aliphatic carbocycles. The molecule has 20 heavy (non-hydrogen) atoms. The lowest BCUT2D eigenvalue weighted by atomic mass is 10.3. The zero-order valence-corrected chi connectivity index (χ0v) is 13.7. The molecule has 1 rings (SSSR count). The highest BCUT2D eigenvalue weighted by atomic mass is 79.9. The van der Waals surface area contributed by atoms with E-state index in [1.54, 1.807) is 12.1 Å². The van der Waals surface area contributed by atoms with Gasteiger partial charge in [-0.05, 0) is 40.5 Å². The fraction of sp³-hybridized carbons (Fsp3) is 0.417. The number of methoxy groups -OCH3 is 1. The number of benzene rings is 1. The van der Waals surface area contributed by atoms with E-state index in [1.807, 2.05) is 6.92 Å². The largest absolute Gasteiger partial charge is 0.468 e. The molecule has 0 atom stereocenters. The van der Waals surface area contributed by atoms with Crippen LogP contribution in [-0.2, 0) is 19.6 Å². The van der Waals surface area contributed by atoms with E-state index >= 15 is 0 Å². The molecular formula is C12H17BrN2O4S. The number of nitrogens with two attached hydrogens (primary N) is 1. The Morgan fingerprint density at radius 2 is 2.10 bits per heavy atom. The fourth-order valence-corrected chi connectivity index (χ4v) is 4.04. The lowest BCUT2D eigenvalue weighted by Gasteiger charge is -2.21. The molecule has 0 radical (unpaired) electrons. The smallest absolute Gasteiger partial charge is 0.321 e. The molecular weight excluding hydrogens is 348 g/mol. The Bertz CT molecular complexity index is 589. The van der Waals surface area contributed by atoms with E-state index < -0.39 is 16.0 Å². The quantitative estimate of drug-likeness (QED) is 0.611. The zero-order chi connectivity index (χ0) is 15.3. The third-order valence-corrected chi connectivity index (χ3v) is 5.42. The molecule has 0 aliphatic rings. The third kappa shape index (κ3) is 3.94. The molecule has 1 aromatic carbocycles. The number of nitrogen functional groups attached to an aromatic ring is 1. The molecule has 0 fully saturated rings. The first-order valence-corrected chi connectivity index (χ1v) is 8.18. The van der Waals surface area contributed by atoms with E-state index in [2.05, 4.69) is 20.7 Å². The predicted molar refractivity (Wildman–Crippen MR) is 79.6 cm³/mol. The van der Waals surface area contributed by atoms with Crippen molar-refractivity contribution in [3.8, 4) is 0 Å². The molecule has 0 saturated carbocycles. The number of carbonyl (C=O) groups excluding carboxylic acids is 1. The molecule has 8 heteroatoms. The van der Waals surface area contributed by atoms with Crippen molar-refractivity contribution in [2.75, 3.05) is 25.9 Å². The number of carbonyl (C=O) groups is 1. The van der Waals surface area contributed by atoms with Crippen LogP contribution in [0.15, 0.2) is 27.6 Å². The number of halogens is 1. The Balaban J connectivity index is 3.22. The maximum atomic E-state index is 12.6. The normalized spacial score (nSPS) is 11.6. The highest BCUT2D eigenvalue weighted by Crippen LogP contribution is 2.27. The summed E-state index contributed by atoms with van der Waals surface area (Å²) in [6.45, 7) is 1.72. The van der Waals surface area contributed by atoms with Crippen LogP contribution in [0.4, 0.5) is 5.69 Å². The van der Waals surface area contributed by atoms with Gasteiger partial charge in [-0.1, -0.05) is 6.92 Å². The van der Waals surface area contributed by atoms with Gasteiger partial charge in [0.2, 0.25) is 10.0 Å². The van der Waals surface area contributed by atoms with E-state index in [0.717, 1.165) is 4.31 Å². The molecule has 0 heterocycles. The number of rotatable bonds is 6. The van der Waals surface area contributed by atoms with E-state index in [9.17, 15) is 13.2 Å². The van der Waals surface area contributed by atoms with Gasteiger partial charge in [-0.2, -0.15) is 4.31 Å². The summed E-state index contributed by atoms with van der Waals surface area (Å²) in [5.74, 6) is -0.609. The average Bonchev–Trinajstić information content (AvgIpc) is 2.40. The molecule has 1 aromatic rings. The number of nitrogens with zero attached hydrogens (tertiary/aromatic N) is 1. The highest BCUT2D eigenvalue weighted by Gasteiger charge is 2.28. The van der Waals surface area contributed by atoms with Crippen molar-refractivity contribution in [3.63, 3.8) is 0 Å². The number of esters is 1. The van der Waals surface area contributed by atoms with Gasteiger partial charge in [0.1, 0.15) is 6.54 Å². The zero-order valence-electron chi connectivity index (χ0n) is 11.3. The first kappa shape index (κ1) is 16.9. The van der Waals surface area contributed by atoms with Gasteiger partial charge in [-0.3, -0.25) is 4.79 Å². The molecule has 0 amide bonds. The molecule has 0 aromatic heterocycles. The SMILES string of the molecule is CCCN(CC(=O)OC)S(=O)(=O)c1cc(N)ccc1Br. The second-order valence-corrected chi connectivity index (χ2v) is 6.87. The van der Waals surface area contributed by atoms with Gasteiger partial charge in [-0.15, -0.1) is 0 Å². The maximum Gasteiger partial charge on any atom is 0.321 e. The Morgan fingerprint density at radius 3 is 2.65 bits per heavy atom. The second kappa shape index (κ2) is 7.05. The first-order chi connectivity index (χ1) is 9.32. The molecule has 0 bridgehead atoms. The molecule has 2 N–H and O–H groups in total. The molecule has 0 aliphatic heterocycles. The van der Waals surface area contributed by atoms with Gasteiger partial charge in [0.15, 0.2) is 0 Å². The summed E-state index contributed by atoms with van der Waals surface area (Å²) in [6, 6.07) is 4.51. The Labute approximate surface area is 127 Å². The Hall–Kier alpha value is -1.12. The molecule has 6 nitrogen and oxygen atoms in total. The number of ether oxygens (including phenoxy) is 1. The summed E-state index contributed by atoms with van der Waals surface area (Å²) in [5.41, 5.74) is 5.96. The lowest BCUT2D eigenvalue weighted by Crippen LogP contribution is -2.37. The molecule has 112 valence electrons. The molecule has 0 spiro atoms. The minimum absolute atomic E-state index is 0.0369. The number of hydrogen-bond donors (Lipinski definition) is 1. The van der Waals surface area contributed by atoms with Crippen LogP contribution in [-0.4, -0.2) is 38.9 Å². The van der Waals surface area contributed by atoms with Gasteiger partial charge in [0.05, 0.1) is 12.0 Å². The topological polar surface area (TPSA) is 89.7 Å². The minimum Gasteiger partial charge on any atom is -0.468 e. The number of sulfonamides is 1. The Kier molecular flexibility index (Phi) is 5.97. The van der Waals surface area contributed by atoms with Crippen molar-refractivity contribution < 1.29 is 17.9 Å². The van der Waals surface area contributed by atoms with Gasteiger partial charge in [0, 0.05) is 16.7 Å². The van der Waals surface area contributed by atoms with Crippen molar-refractivity contribution in [2.45, 2.75) is 18.2 Å². The summed E-state index contributed by atoms with van der Waals surface area (Å²) >= 11 is 3.19. The van der Waals surface area contributed by atoms with Gasteiger partial charge in [0.25, 0.3) is 0 Å². The Morgan fingerprint density at radius 1 is 1.45 bits per heavy atom. The van der Waals surface area contributed by atoms with Crippen molar-refractivity contribution in [1.82, 2.24) is 4.31 Å². The maximum absolute atomic E-state index is 12.6. The summed E-state index contributed by atoms with van der Waals surface area (Å²) in [5, 5.41) is 0. The second-order valence-electron chi connectivity index (χ2n) is 4.10. The van der Waals surface area contributed by atoms with Gasteiger partial charge >= 0.3 is 5.97 Å². The van der Waals surface area contributed by atoms with E-state index in [1.165, 1.54) is 13.2 Å². The van der Waals surface area contributed by atoms with Crippen LogP contribution in [0.3, 0.4) is 0 Å². The van der Waals surface area contributed by atoms with Gasteiger partial charge in [-0.25, -0.2) is 8.42 Å². The predicted octanol–water partition coefficient (Wildman–Crippen LogP) is 1.60. The van der Waals surface area contributed by atoms with Crippen molar-refractivity contribution in [1.29, 1.82) is 0 Å². The summed E-state index contributed by atoms with van der Waals surface area (Å²) < 4.78 is 31.2. The monoisotopic (exact) mass is 364 g/mol. The van der Waals surface area contributed by atoms with Crippen molar-refractivity contribution >= 4 is 37.6 Å². The molecule has 0 saturated heterocycles. The fourth-order valence-electron chi connectivity index (χ4n) is 1.60. The summed E-state index contributed by atoms with van der Waals surface area (Å²) in [6.07, 6.45) is 0.580. The van der Waals surface area contributed by atoms with Crippen LogP contribution in [0.2, 0.25) is 0 Å². The van der Waals surface area contributed by atoms with E-state index in [4.69, 9.17) is 5.73 Å². The summed E-state index contributed by atoms with van der Waals surface area (Å²) in [4.78, 5) is 11.4.